The van der Waals surface area contributed by atoms with E-state index in [-0.39, 0.29) is 0 Å². The largest absolute Gasteiger partial charge is 0.316 e. The molecule has 2 heterocycles. The van der Waals surface area contributed by atoms with Gasteiger partial charge in [-0.1, -0.05) is 31.3 Å². The molecule has 0 amide bonds. The highest BCUT2D eigenvalue weighted by atomic mass is 32.1. The summed E-state index contributed by atoms with van der Waals surface area (Å²) in [5, 5.41) is 16.2. The molecular formula is C13H19N3S2. The average Bonchev–Trinajstić information content (AvgIpc) is 2.98. The van der Waals surface area contributed by atoms with Crippen molar-refractivity contribution in [3.8, 4) is 9.88 Å². The minimum atomic E-state index is 0.719. The number of aromatic nitrogens is 2. The van der Waals surface area contributed by atoms with Crippen LogP contribution in [0.25, 0.3) is 9.88 Å². The van der Waals surface area contributed by atoms with Crippen LogP contribution in [0.2, 0.25) is 0 Å². The van der Waals surface area contributed by atoms with E-state index in [4.69, 9.17) is 0 Å². The van der Waals surface area contributed by atoms with Gasteiger partial charge in [-0.05, 0) is 36.9 Å². The first-order valence-electron chi connectivity index (χ1n) is 6.32. The quantitative estimate of drug-likeness (QED) is 0.790. The lowest BCUT2D eigenvalue weighted by atomic mass is 10.2. The van der Waals surface area contributed by atoms with Crippen molar-refractivity contribution < 1.29 is 0 Å². The van der Waals surface area contributed by atoms with E-state index >= 15 is 0 Å². The van der Waals surface area contributed by atoms with Crippen LogP contribution in [0.15, 0.2) is 17.5 Å². The van der Waals surface area contributed by atoms with E-state index in [2.05, 4.69) is 46.9 Å². The van der Waals surface area contributed by atoms with E-state index in [0.29, 0.717) is 0 Å². The van der Waals surface area contributed by atoms with Crippen LogP contribution < -0.4 is 5.32 Å². The van der Waals surface area contributed by atoms with Crippen molar-refractivity contribution in [2.45, 2.75) is 26.7 Å². The van der Waals surface area contributed by atoms with Gasteiger partial charge in [-0.2, -0.15) is 0 Å². The Morgan fingerprint density at radius 1 is 1.33 bits per heavy atom. The average molecular weight is 281 g/mol. The van der Waals surface area contributed by atoms with Crippen LogP contribution >= 0.6 is 22.7 Å². The summed E-state index contributed by atoms with van der Waals surface area (Å²) in [6, 6.07) is 4.15. The van der Waals surface area contributed by atoms with Crippen LogP contribution in [0.5, 0.6) is 0 Å². The second-order valence-corrected chi connectivity index (χ2v) is 6.69. The number of nitrogens with one attached hydrogen (secondary N) is 1. The molecule has 0 saturated carbocycles. The fourth-order valence-electron chi connectivity index (χ4n) is 1.61. The van der Waals surface area contributed by atoms with E-state index in [1.807, 2.05) is 0 Å². The molecule has 98 valence electrons. The zero-order valence-electron chi connectivity index (χ0n) is 10.8. The van der Waals surface area contributed by atoms with Gasteiger partial charge < -0.3 is 5.32 Å². The van der Waals surface area contributed by atoms with Gasteiger partial charge in [0.2, 0.25) is 0 Å². The first kappa shape index (κ1) is 13.6. The fraction of sp³-hybridized carbons (Fsp3) is 0.538. The fourth-order valence-corrected chi connectivity index (χ4v) is 3.28. The monoisotopic (exact) mass is 281 g/mol. The van der Waals surface area contributed by atoms with Crippen LogP contribution in [0, 0.1) is 5.92 Å². The van der Waals surface area contributed by atoms with Crippen LogP contribution in [0.1, 0.15) is 25.3 Å². The second kappa shape index (κ2) is 6.97. The van der Waals surface area contributed by atoms with Gasteiger partial charge in [-0.15, -0.1) is 21.5 Å². The Morgan fingerprint density at radius 2 is 2.22 bits per heavy atom. The molecule has 0 unspecified atom stereocenters. The van der Waals surface area contributed by atoms with Gasteiger partial charge in [-0.25, -0.2) is 0 Å². The van der Waals surface area contributed by atoms with E-state index in [1.54, 1.807) is 22.7 Å². The summed E-state index contributed by atoms with van der Waals surface area (Å²) in [5.41, 5.74) is 0. The Hall–Kier alpha value is -0.780. The van der Waals surface area contributed by atoms with E-state index in [0.717, 1.165) is 41.9 Å². The Labute approximate surface area is 116 Å². The lowest BCUT2D eigenvalue weighted by molar-refractivity contribution is 0.542. The van der Waals surface area contributed by atoms with Crippen LogP contribution in [-0.4, -0.2) is 23.3 Å². The lowest BCUT2D eigenvalue weighted by Crippen LogP contribution is -2.21. The minimum Gasteiger partial charge on any atom is -0.316 e. The van der Waals surface area contributed by atoms with Gasteiger partial charge in [0.15, 0.2) is 5.01 Å². The van der Waals surface area contributed by atoms with E-state index in [9.17, 15) is 0 Å². The molecule has 0 aromatic carbocycles. The maximum atomic E-state index is 4.25. The van der Waals surface area contributed by atoms with Crippen LogP contribution in [0.4, 0.5) is 0 Å². The molecule has 0 atom stereocenters. The van der Waals surface area contributed by atoms with Crippen LogP contribution in [-0.2, 0) is 6.42 Å². The molecule has 2 aromatic rings. The van der Waals surface area contributed by atoms with E-state index < -0.39 is 0 Å². The summed E-state index contributed by atoms with van der Waals surface area (Å²) in [5.74, 6) is 0.719. The predicted octanol–water partition coefficient (Wildman–Crippen LogP) is 3.44. The lowest BCUT2D eigenvalue weighted by Gasteiger charge is -2.05. The van der Waals surface area contributed by atoms with Crippen molar-refractivity contribution in [1.82, 2.24) is 15.5 Å². The van der Waals surface area contributed by atoms with Crippen molar-refractivity contribution >= 4 is 22.7 Å². The summed E-state index contributed by atoms with van der Waals surface area (Å²) < 4.78 is 0. The first-order valence-corrected chi connectivity index (χ1v) is 8.02. The van der Waals surface area contributed by atoms with Gasteiger partial charge in [0.1, 0.15) is 5.01 Å². The number of rotatable bonds is 7. The maximum Gasteiger partial charge on any atom is 0.157 e. The van der Waals surface area contributed by atoms with Crippen molar-refractivity contribution in [2.75, 3.05) is 13.1 Å². The SMILES string of the molecule is CC(C)CNCCCc1nnc(-c2cccs2)s1. The molecule has 0 saturated heterocycles. The topological polar surface area (TPSA) is 37.8 Å². The Bertz CT molecular complexity index is 449. The third-order valence-corrected chi connectivity index (χ3v) is 4.52. The Balaban J connectivity index is 1.74. The molecule has 18 heavy (non-hydrogen) atoms. The highest BCUT2D eigenvalue weighted by Crippen LogP contribution is 2.27. The minimum absolute atomic E-state index is 0.719. The molecule has 0 radical (unpaired) electrons. The summed E-state index contributed by atoms with van der Waals surface area (Å²) >= 11 is 3.44. The Morgan fingerprint density at radius 3 is 2.94 bits per heavy atom. The van der Waals surface area contributed by atoms with Crippen molar-refractivity contribution in [3.05, 3.63) is 22.5 Å². The van der Waals surface area contributed by atoms with Gasteiger partial charge in [0.25, 0.3) is 0 Å². The van der Waals surface area contributed by atoms with Gasteiger partial charge in [0.05, 0.1) is 4.88 Å². The molecular weight excluding hydrogens is 262 g/mol. The zero-order valence-corrected chi connectivity index (χ0v) is 12.5. The zero-order chi connectivity index (χ0) is 12.8. The third kappa shape index (κ3) is 4.15. The van der Waals surface area contributed by atoms with Crippen molar-refractivity contribution in [3.63, 3.8) is 0 Å². The second-order valence-electron chi connectivity index (χ2n) is 4.68. The molecule has 2 rings (SSSR count). The molecule has 5 heteroatoms. The molecule has 0 aliphatic heterocycles. The molecule has 1 N–H and O–H groups in total. The molecule has 0 fully saturated rings. The molecule has 0 aliphatic carbocycles. The normalized spacial score (nSPS) is 11.3. The smallest absolute Gasteiger partial charge is 0.157 e. The van der Waals surface area contributed by atoms with Crippen molar-refractivity contribution in [1.29, 1.82) is 0 Å². The number of aryl methyl sites for hydroxylation is 1. The molecule has 0 aliphatic rings. The summed E-state index contributed by atoms with van der Waals surface area (Å²) in [6.07, 6.45) is 2.15. The highest BCUT2D eigenvalue weighted by Gasteiger charge is 2.06. The Kier molecular flexibility index (Phi) is 5.28. The number of hydrogen-bond acceptors (Lipinski definition) is 5. The van der Waals surface area contributed by atoms with Crippen molar-refractivity contribution in [2.24, 2.45) is 5.92 Å². The standard InChI is InChI=1S/C13H19N3S2/c1-10(2)9-14-7-3-6-12-15-16-13(18-12)11-5-4-8-17-11/h4-5,8,10,14H,3,6-7,9H2,1-2H3. The number of nitrogens with zero attached hydrogens (tertiary/aromatic N) is 2. The number of hydrogen-bond donors (Lipinski definition) is 1. The van der Waals surface area contributed by atoms with Gasteiger partial charge in [0, 0.05) is 6.42 Å². The predicted molar refractivity (Wildman–Crippen MR) is 79.3 cm³/mol. The van der Waals surface area contributed by atoms with Gasteiger partial charge in [-0.3, -0.25) is 0 Å². The van der Waals surface area contributed by atoms with Gasteiger partial charge >= 0.3 is 0 Å². The molecule has 2 aromatic heterocycles. The van der Waals surface area contributed by atoms with Crippen LogP contribution in [0.3, 0.4) is 0 Å². The summed E-state index contributed by atoms with van der Waals surface area (Å²) in [4.78, 5) is 1.22. The molecule has 0 bridgehead atoms. The first-order chi connectivity index (χ1) is 8.75. The highest BCUT2D eigenvalue weighted by molar-refractivity contribution is 7.20. The third-order valence-electron chi connectivity index (χ3n) is 2.50. The van der Waals surface area contributed by atoms with E-state index in [1.165, 1.54) is 4.88 Å². The number of thiophene rings is 1. The summed E-state index contributed by atoms with van der Waals surface area (Å²) in [7, 11) is 0. The molecule has 3 nitrogen and oxygen atoms in total. The summed E-state index contributed by atoms with van der Waals surface area (Å²) in [6.45, 7) is 6.61. The maximum absolute atomic E-state index is 4.25. The molecule has 0 spiro atoms.